The number of aromatic hydroxyl groups is 4. The van der Waals surface area contributed by atoms with Gasteiger partial charge in [0, 0.05) is 12.6 Å². The fourth-order valence-electron chi connectivity index (χ4n) is 2.15. The van der Waals surface area contributed by atoms with Crippen LogP contribution >= 0.6 is 0 Å². The Morgan fingerprint density at radius 3 is 2.52 bits per heavy atom. The average molecular weight is 345 g/mol. The monoisotopic (exact) mass is 345 g/mol. The molecule has 0 saturated carbocycles. The molecule has 132 valence electrons. The first-order valence-electron chi connectivity index (χ1n) is 7.47. The van der Waals surface area contributed by atoms with Crippen LogP contribution in [0.4, 0.5) is 0 Å². The van der Waals surface area contributed by atoms with Crippen LogP contribution in [0.5, 0.6) is 28.7 Å². The minimum Gasteiger partial charge on any atom is -0.504 e. The summed E-state index contributed by atoms with van der Waals surface area (Å²) in [7, 11) is 1.36. The van der Waals surface area contributed by atoms with Crippen molar-refractivity contribution in [2.45, 2.75) is 6.42 Å². The molecular formula is C18H19NO6. The van der Waals surface area contributed by atoms with Gasteiger partial charge in [0.1, 0.15) is 0 Å². The van der Waals surface area contributed by atoms with E-state index in [1.165, 1.54) is 43.5 Å². The molecule has 25 heavy (non-hydrogen) atoms. The summed E-state index contributed by atoms with van der Waals surface area (Å²) in [6.45, 7) is 0.345. The Bertz CT molecular complexity index is 800. The summed E-state index contributed by atoms with van der Waals surface area (Å²) < 4.78 is 4.92. The third-order valence-corrected chi connectivity index (χ3v) is 3.48. The van der Waals surface area contributed by atoms with Gasteiger partial charge in [-0.05, 0) is 47.9 Å². The van der Waals surface area contributed by atoms with E-state index in [1.54, 1.807) is 6.07 Å². The molecule has 1 amide bonds. The van der Waals surface area contributed by atoms with Crippen LogP contribution in [0.1, 0.15) is 11.1 Å². The molecule has 0 radical (unpaired) electrons. The molecule has 0 heterocycles. The van der Waals surface area contributed by atoms with Crippen molar-refractivity contribution in [3.8, 4) is 28.7 Å². The molecule has 0 bridgehead atoms. The van der Waals surface area contributed by atoms with Crippen LogP contribution < -0.4 is 10.1 Å². The molecule has 0 fully saturated rings. The van der Waals surface area contributed by atoms with Crippen LogP contribution in [-0.2, 0) is 11.2 Å². The Labute approximate surface area is 144 Å². The van der Waals surface area contributed by atoms with E-state index < -0.39 is 0 Å². The van der Waals surface area contributed by atoms with Crippen LogP contribution in [0, 0.1) is 0 Å². The van der Waals surface area contributed by atoms with Crippen LogP contribution in [0.15, 0.2) is 36.4 Å². The third kappa shape index (κ3) is 4.81. The lowest BCUT2D eigenvalue weighted by atomic mass is 10.1. The fourth-order valence-corrected chi connectivity index (χ4v) is 2.15. The highest BCUT2D eigenvalue weighted by atomic mass is 16.5. The Morgan fingerprint density at radius 1 is 1.08 bits per heavy atom. The van der Waals surface area contributed by atoms with Gasteiger partial charge in [0.25, 0.3) is 0 Å². The van der Waals surface area contributed by atoms with E-state index in [0.29, 0.717) is 18.5 Å². The zero-order valence-electron chi connectivity index (χ0n) is 13.6. The van der Waals surface area contributed by atoms with E-state index >= 15 is 0 Å². The predicted molar refractivity (Wildman–Crippen MR) is 91.8 cm³/mol. The molecule has 0 aliphatic carbocycles. The number of carbonyl (C=O) groups excluding carboxylic acids is 1. The number of carbonyl (C=O) groups is 1. The number of phenolic OH excluding ortho intramolecular Hbond substituents is 4. The zero-order chi connectivity index (χ0) is 18.4. The minimum absolute atomic E-state index is 0.104. The maximum Gasteiger partial charge on any atom is 0.244 e. The highest BCUT2D eigenvalue weighted by Gasteiger charge is 2.08. The second-order valence-electron chi connectivity index (χ2n) is 5.29. The molecule has 2 rings (SSSR count). The van der Waals surface area contributed by atoms with Crippen molar-refractivity contribution in [3.63, 3.8) is 0 Å². The lowest BCUT2D eigenvalue weighted by Crippen LogP contribution is -2.23. The van der Waals surface area contributed by atoms with Gasteiger partial charge < -0.3 is 30.5 Å². The Morgan fingerprint density at radius 2 is 1.84 bits per heavy atom. The predicted octanol–water partition coefficient (Wildman–Crippen LogP) is 1.89. The van der Waals surface area contributed by atoms with Crippen molar-refractivity contribution in [1.82, 2.24) is 5.32 Å². The molecule has 2 aromatic carbocycles. The topological polar surface area (TPSA) is 119 Å². The van der Waals surface area contributed by atoms with Gasteiger partial charge in [-0.1, -0.05) is 6.07 Å². The fraction of sp³-hybridized carbons (Fsp3) is 0.167. The van der Waals surface area contributed by atoms with E-state index in [9.17, 15) is 25.2 Å². The van der Waals surface area contributed by atoms with Crippen molar-refractivity contribution in [2.24, 2.45) is 0 Å². The Balaban J connectivity index is 1.90. The van der Waals surface area contributed by atoms with E-state index in [0.717, 1.165) is 5.56 Å². The summed E-state index contributed by atoms with van der Waals surface area (Å²) >= 11 is 0. The van der Waals surface area contributed by atoms with Crippen molar-refractivity contribution >= 4 is 12.0 Å². The van der Waals surface area contributed by atoms with E-state index in [4.69, 9.17) is 4.74 Å². The molecule has 2 aromatic rings. The van der Waals surface area contributed by atoms with Gasteiger partial charge >= 0.3 is 0 Å². The molecule has 7 nitrogen and oxygen atoms in total. The number of phenols is 4. The van der Waals surface area contributed by atoms with Gasteiger partial charge in [-0.2, -0.15) is 0 Å². The van der Waals surface area contributed by atoms with Gasteiger partial charge in [0.2, 0.25) is 11.7 Å². The number of hydrogen-bond donors (Lipinski definition) is 5. The average Bonchev–Trinajstić information content (AvgIpc) is 2.59. The molecule has 7 heteroatoms. The maximum absolute atomic E-state index is 11.8. The molecule has 0 aliphatic heterocycles. The smallest absolute Gasteiger partial charge is 0.244 e. The summed E-state index contributed by atoms with van der Waals surface area (Å²) in [6, 6.07) is 7.27. The summed E-state index contributed by atoms with van der Waals surface area (Å²) in [6.07, 6.45) is 3.25. The molecule has 0 spiro atoms. The molecule has 5 N–H and O–H groups in total. The highest BCUT2D eigenvalue weighted by molar-refractivity contribution is 5.91. The summed E-state index contributed by atoms with van der Waals surface area (Å²) in [4.78, 5) is 11.8. The number of ether oxygens (including phenoxy) is 1. The molecule has 0 aromatic heterocycles. The van der Waals surface area contributed by atoms with Gasteiger partial charge in [-0.3, -0.25) is 4.79 Å². The molecule has 0 atom stereocenters. The number of rotatable bonds is 6. The van der Waals surface area contributed by atoms with E-state index in [-0.39, 0.29) is 34.7 Å². The van der Waals surface area contributed by atoms with Crippen molar-refractivity contribution in [2.75, 3.05) is 13.7 Å². The van der Waals surface area contributed by atoms with Gasteiger partial charge in [0.05, 0.1) is 7.11 Å². The first-order chi connectivity index (χ1) is 11.9. The summed E-state index contributed by atoms with van der Waals surface area (Å²) in [5.74, 6) is -1.33. The van der Waals surface area contributed by atoms with Crippen LogP contribution in [-0.4, -0.2) is 40.0 Å². The van der Waals surface area contributed by atoms with Gasteiger partial charge in [0.15, 0.2) is 23.0 Å². The van der Waals surface area contributed by atoms with Crippen LogP contribution in [0.2, 0.25) is 0 Å². The number of benzene rings is 2. The number of amides is 1. The van der Waals surface area contributed by atoms with Gasteiger partial charge in [-0.25, -0.2) is 0 Å². The lowest BCUT2D eigenvalue weighted by molar-refractivity contribution is -0.116. The van der Waals surface area contributed by atoms with Gasteiger partial charge in [-0.15, -0.1) is 0 Å². The highest BCUT2D eigenvalue weighted by Crippen LogP contribution is 2.36. The van der Waals surface area contributed by atoms with E-state index in [2.05, 4.69) is 5.32 Å². The minimum atomic E-state index is -0.360. The molecule has 0 unspecified atom stereocenters. The maximum atomic E-state index is 11.8. The van der Waals surface area contributed by atoms with E-state index in [1.807, 2.05) is 0 Å². The molecule has 0 aliphatic rings. The number of hydrogen-bond acceptors (Lipinski definition) is 6. The van der Waals surface area contributed by atoms with Crippen LogP contribution in [0.3, 0.4) is 0 Å². The third-order valence-electron chi connectivity index (χ3n) is 3.48. The second kappa shape index (κ2) is 7.96. The lowest BCUT2D eigenvalue weighted by Gasteiger charge is -2.06. The number of methoxy groups -OCH3 is 1. The van der Waals surface area contributed by atoms with Crippen molar-refractivity contribution in [3.05, 3.63) is 47.5 Å². The summed E-state index contributed by atoms with van der Waals surface area (Å²) in [5.41, 5.74) is 1.26. The van der Waals surface area contributed by atoms with Crippen molar-refractivity contribution in [1.29, 1.82) is 0 Å². The second-order valence-corrected chi connectivity index (χ2v) is 5.29. The first-order valence-corrected chi connectivity index (χ1v) is 7.47. The van der Waals surface area contributed by atoms with Crippen molar-refractivity contribution < 1.29 is 30.0 Å². The largest absolute Gasteiger partial charge is 0.504 e. The summed E-state index contributed by atoms with van der Waals surface area (Å²) in [5, 5.41) is 40.5. The first kappa shape index (κ1) is 18.0. The number of nitrogens with one attached hydrogen (secondary N) is 1. The Kier molecular flexibility index (Phi) is 5.73. The van der Waals surface area contributed by atoms with Crippen LogP contribution in [0.25, 0.3) is 6.08 Å². The molecule has 0 saturated heterocycles. The Hall–Kier alpha value is -3.35. The normalized spacial score (nSPS) is 10.8. The standard InChI is InChI=1S/C18H19NO6/c1-25-16-10-12(9-15(22)18(16)24)3-5-17(23)19-7-6-11-2-4-13(20)14(21)8-11/h2-5,8-10,20-22,24H,6-7H2,1H3,(H,19,23)/b5-3+. The quantitative estimate of drug-likeness (QED) is 0.403. The SMILES string of the molecule is COc1cc(/C=C/C(=O)NCCc2ccc(O)c(O)c2)cc(O)c1O. The zero-order valence-corrected chi connectivity index (χ0v) is 13.6. The molecular weight excluding hydrogens is 326 g/mol.